The lowest BCUT2D eigenvalue weighted by Gasteiger charge is -2.34. The second kappa shape index (κ2) is 10.5. The average Bonchev–Trinajstić information content (AvgIpc) is 3.18. The molecule has 0 saturated carbocycles. The highest BCUT2D eigenvalue weighted by Crippen LogP contribution is 2.21. The van der Waals surface area contributed by atoms with Crippen molar-refractivity contribution >= 4 is 22.8 Å². The zero-order valence-electron chi connectivity index (χ0n) is 18.9. The van der Waals surface area contributed by atoms with Crippen molar-refractivity contribution in [2.24, 2.45) is 10.9 Å². The van der Waals surface area contributed by atoms with Gasteiger partial charge in [0.1, 0.15) is 0 Å². The number of nitrogens with zero attached hydrogens (tertiary/aromatic N) is 2. The molecule has 1 aliphatic rings. The van der Waals surface area contributed by atoms with Crippen molar-refractivity contribution in [1.82, 2.24) is 20.5 Å². The molecule has 2 aromatic rings. The summed E-state index contributed by atoms with van der Waals surface area (Å²) in [5, 5.41) is 8.29. The smallest absolute Gasteiger partial charge is 0.225 e. The minimum absolute atomic E-state index is 0.178. The minimum Gasteiger partial charge on any atom is -0.361 e. The maximum absolute atomic E-state index is 12.6. The molecule has 30 heavy (non-hydrogen) atoms. The van der Waals surface area contributed by atoms with Crippen molar-refractivity contribution in [2.45, 2.75) is 58.9 Å². The highest BCUT2D eigenvalue weighted by atomic mass is 16.2. The molecule has 3 N–H and O–H groups in total. The Labute approximate surface area is 180 Å². The molecular weight excluding hydrogens is 374 g/mol. The summed E-state index contributed by atoms with van der Waals surface area (Å²) in [6, 6.07) is 6.79. The molecule has 0 aliphatic carbocycles. The van der Waals surface area contributed by atoms with Gasteiger partial charge in [-0.05, 0) is 50.2 Å². The van der Waals surface area contributed by atoms with Crippen LogP contribution in [0.3, 0.4) is 0 Å². The average molecular weight is 412 g/mol. The van der Waals surface area contributed by atoms with Gasteiger partial charge in [-0.2, -0.15) is 0 Å². The fraction of sp³-hybridized carbons (Fsp3) is 0.583. The topological polar surface area (TPSA) is 72.5 Å². The van der Waals surface area contributed by atoms with Crippen LogP contribution in [0.1, 0.15) is 50.7 Å². The molecule has 1 aliphatic heterocycles. The van der Waals surface area contributed by atoms with E-state index in [1.165, 1.54) is 22.0 Å². The third-order valence-corrected chi connectivity index (χ3v) is 6.40. The quantitative estimate of drug-likeness (QED) is 0.481. The molecule has 6 nitrogen and oxygen atoms in total. The maximum Gasteiger partial charge on any atom is 0.225 e. The summed E-state index contributed by atoms with van der Waals surface area (Å²) < 4.78 is 0. The van der Waals surface area contributed by atoms with E-state index in [0.29, 0.717) is 11.9 Å². The first kappa shape index (κ1) is 22.2. The number of rotatable bonds is 7. The number of piperidine rings is 1. The molecule has 0 unspecified atom stereocenters. The third kappa shape index (κ3) is 5.15. The van der Waals surface area contributed by atoms with Crippen molar-refractivity contribution in [2.75, 3.05) is 26.7 Å². The molecule has 0 atom stereocenters. The van der Waals surface area contributed by atoms with Crippen molar-refractivity contribution in [3.63, 3.8) is 0 Å². The highest BCUT2D eigenvalue weighted by Gasteiger charge is 2.26. The van der Waals surface area contributed by atoms with Crippen LogP contribution in [0.15, 0.2) is 29.4 Å². The molecule has 1 aromatic heterocycles. The van der Waals surface area contributed by atoms with Gasteiger partial charge >= 0.3 is 0 Å². The van der Waals surface area contributed by atoms with Gasteiger partial charge in [-0.25, -0.2) is 0 Å². The predicted octanol–water partition coefficient (Wildman–Crippen LogP) is 3.61. The fourth-order valence-electron chi connectivity index (χ4n) is 4.41. The zero-order chi connectivity index (χ0) is 21.5. The number of nitrogens with one attached hydrogen (secondary N) is 3. The maximum atomic E-state index is 12.6. The van der Waals surface area contributed by atoms with E-state index in [1.54, 1.807) is 0 Å². The van der Waals surface area contributed by atoms with Gasteiger partial charge in [0.2, 0.25) is 5.91 Å². The third-order valence-electron chi connectivity index (χ3n) is 6.40. The second-order valence-corrected chi connectivity index (χ2v) is 8.32. The number of aromatic amines is 1. The van der Waals surface area contributed by atoms with E-state index in [0.717, 1.165) is 57.7 Å². The molecule has 1 amide bonds. The van der Waals surface area contributed by atoms with Crippen molar-refractivity contribution in [3.8, 4) is 0 Å². The Kier molecular flexibility index (Phi) is 7.77. The molecule has 1 aromatic carbocycles. The summed E-state index contributed by atoms with van der Waals surface area (Å²) in [7, 11) is 1.82. The van der Waals surface area contributed by atoms with Gasteiger partial charge in [0, 0.05) is 55.7 Å². The van der Waals surface area contributed by atoms with Crippen LogP contribution in [0.25, 0.3) is 10.9 Å². The van der Waals surface area contributed by atoms with Crippen LogP contribution >= 0.6 is 0 Å². The van der Waals surface area contributed by atoms with Crippen molar-refractivity contribution < 1.29 is 4.79 Å². The molecule has 6 heteroatoms. The standard InChI is InChI=1S/C24H37N5O/c1-5-18(6-2)23(30)29-14-11-20(12-15-29)28-24(25-4)26-13-10-19-16-27-22-17(3)8-7-9-21(19)22/h7-9,16,18,20,27H,5-6,10-15H2,1-4H3,(H2,25,26,28). The summed E-state index contributed by atoms with van der Waals surface area (Å²) in [5.74, 6) is 1.35. The summed E-state index contributed by atoms with van der Waals surface area (Å²) in [6.07, 6.45) is 6.84. The Hall–Kier alpha value is -2.50. The molecule has 3 rings (SSSR count). The number of hydrogen-bond donors (Lipinski definition) is 3. The number of aryl methyl sites for hydroxylation is 1. The minimum atomic E-state index is 0.178. The Morgan fingerprint density at radius 3 is 2.67 bits per heavy atom. The van der Waals surface area contributed by atoms with Crippen molar-refractivity contribution in [3.05, 3.63) is 35.5 Å². The first-order valence-electron chi connectivity index (χ1n) is 11.4. The Bertz CT molecular complexity index is 860. The molecular formula is C24H37N5O. The Morgan fingerprint density at radius 1 is 1.27 bits per heavy atom. The number of aliphatic imine (C=N–C) groups is 1. The first-order chi connectivity index (χ1) is 14.6. The number of carbonyl (C=O) groups excluding carboxylic acids is 1. The lowest BCUT2D eigenvalue weighted by molar-refractivity contribution is -0.136. The number of H-pyrrole nitrogens is 1. The number of likely N-dealkylation sites (tertiary alicyclic amines) is 1. The van der Waals surface area contributed by atoms with Gasteiger partial charge in [0.05, 0.1) is 0 Å². The lowest BCUT2D eigenvalue weighted by Crippen LogP contribution is -2.50. The Balaban J connectivity index is 1.45. The van der Waals surface area contributed by atoms with Gasteiger partial charge < -0.3 is 20.5 Å². The molecule has 0 spiro atoms. The van der Waals surface area contributed by atoms with Gasteiger partial charge in [0.25, 0.3) is 0 Å². The number of para-hydroxylation sites is 1. The van der Waals surface area contributed by atoms with Crippen LogP contribution < -0.4 is 10.6 Å². The van der Waals surface area contributed by atoms with E-state index >= 15 is 0 Å². The van der Waals surface area contributed by atoms with Gasteiger partial charge in [-0.1, -0.05) is 32.0 Å². The Morgan fingerprint density at radius 2 is 2.00 bits per heavy atom. The van der Waals surface area contributed by atoms with Crippen LogP contribution in [0.2, 0.25) is 0 Å². The van der Waals surface area contributed by atoms with E-state index in [2.05, 4.69) is 65.8 Å². The highest BCUT2D eigenvalue weighted by molar-refractivity contribution is 5.86. The molecule has 1 saturated heterocycles. The van der Waals surface area contributed by atoms with Crippen LogP contribution in [0.4, 0.5) is 0 Å². The normalized spacial score (nSPS) is 15.8. The number of benzene rings is 1. The first-order valence-corrected chi connectivity index (χ1v) is 11.4. The lowest BCUT2D eigenvalue weighted by atomic mass is 9.98. The van der Waals surface area contributed by atoms with Crippen LogP contribution in [-0.2, 0) is 11.2 Å². The van der Waals surface area contributed by atoms with Crippen molar-refractivity contribution in [1.29, 1.82) is 0 Å². The summed E-state index contributed by atoms with van der Waals surface area (Å²) in [6.45, 7) is 8.83. The number of hydrogen-bond acceptors (Lipinski definition) is 2. The summed E-state index contributed by atoms with van der Waals surface area (Å²) in [5.41, 5.74) is 3.83. The molecule has 2 heterocycles. The van der Waals surface area contributed by atoms with Crippen LogP contribution in [0.5, 0.6) is 0 Å². The second-order valence-electron chi connectivity index (χ2n) is 8.32. The monoisotopic (exact) mass is 411 g/mol. The van der Waals surface area contributed by atoms with Gasteiger partial charge in [0.15, 0.2) is 5.96 Å². The van der Waals surface area contributed by atoms with E-state index in [4.69, 9.17) is 0 Å². The number of fused-ring (bicyclic) bond motifs is 1. The van der Waals surface area contributed by atoms with Crippen LogP contribution in [0, 0.1) is 12.8 Å². The number of guanidine groups is 1. The number of amides is 1. The molecule has 0 bridgehead atoms. The van der Waals surface area contributed by atoms with E-state index in [9.17, 15) is 4.79 Å². The predicted molar refractivity (Wildman–Crippen MR) is 125 cm³/mol. The van der Waals surface area contributed by atoms with Crippen LogP contribution in [-0.4, -0.2) is 54.5 Å². The number of aromatic nitrogens is 1. The largest absolute Gasteiger partial charge is 0.361 e. The molecule has 0 radical (unpaired) electrons. The zero-order valence-corrected chi connectivity index (χ0v) is 18.9. The van der Waals surface area contributed by atoms with Gasteiger partial charge in [-0.3, -0.25) is 9.79 Å². The number of carbonyl (C=O) groups is 1. The fourth-order valence-corrected chi connectivity index (χ4v) is 4.41. The SMILES string of the molecule is CCC(CC)C(=O)N1CCC(NC(=NC)NCCc2c[nH]c3c(C)cccc23)CC1. The van der Waals surface area contributed by atoms with Gasteiger partial charge in [-0.15, -0.1) is 0 Å². The molecule has 1 fully saturated rings. The summed E-state index contributed by atoms with van der Waals surface area (Å²) >= 11 is 0. The van der Waals surface area contributed by atoms with E-state index in [1.807, 2.05) is 11.9 Å². The molecule has 164 valence electrons. The summed E-state index contributed by atoms with van der Waals surface area (Å²) in [4.78, 5) is 22.4. The van der Waals surface area contributed by atoms with E-state index < -0.39 is 0 Å². The van der Waals surface area contributed by atoms with E-state index in [-0.39, 0.29) is 5.92 Å².